The van der Waals surface area contributed by atoms with Crippen molar-refractivity contribution in [3.63, 3.8) is 0 Å². The number of aryl methyl sites for hydroxylation is 1. The summed E-state index contributed by atoms with van der Waals surface area (Å²) in [6, 6.07) is 13.7. The van der Waals surface area contributed by atoms with E-state index in [9.17, 15) is 9.59 Å². The number of nitrogens with one attached hydrogen (secondary N) is 1. The maximum atomic E-state index is 13.0. The third-order valence-corrected chi connectivity index (χ3v) is 5.93. The van der Waals surface area contributed by atoms with Crippen LogP contribution in [0.25, 0.3) is 0 Å². The van der Waals surface area contributed by atoms with E-state index in [-0.39, 0.29) is 17.9 Å². The van der Waals surface area contributed by atoms with Crippen LogP contribution in [0.3, 0.4) is 0 Å². The van der Waals surface area contributed by atoms with E-state index in [0.29, 0.717) is 37.5 Å². The number of methoxy groups -OCH3 is 3. The second-order valence-electron chi connectivity index (χ2n) is 7.51. The third kappa shape index (κ3) is 7.46. The summed E-state index contributed by atoms with van der Waals surface area (Å²) >= 11 is 6.81. The van der Waals surface area contributed by atoms with Gasteiger partial charge >= 0.3 is 5.97 Å². The zero-order valence-electron chi connectivity index (χ0n) is 20.5. The number of esters is 1. The zero-order valence-corrected chi connectivity index (χ0v) is 23.6. The first kappa shape index (κ1) is 28.0. The molecule has 0 saturated heterocycles. The molecule has 0 aliphatic heterocycles. The molecule has 9 nitrogen and oxygen atoms in total. The van der Waals surface area contributed by atoms with Gasteiger partial charge in [-0.15, -0.1) is 0 Å². The summed E-state index contributed by atoms with van der Waals surface area (Å²) < 4.78 is 28.3. The Morgan fingerprint density at radius 3 is 2.27 bits per heavy atom. The molecule has 3 aromatic carbocycles. The molecule has 0 bridgehead atoms. The van der Waals surface area contributed by atoms with Gasteiger partial charge in [-0.3, -0.25) is 4.79 Å². The molecular formula is C26H24Br2N2O7. The lowest BCUT2D eigenvalue weighted by molar-refractivity contribution is -0.123. The van der Waals surface area contributed by atoms with Crippen LogP contribution in [-0.4, -0.2) is 46.0 Å². The molecule has 0 fully saturated rings. The summed E-state index contributed by atoms with van der Waals surface area (Å²) in [7, 11) is 4.37. The summed E-state index contributed by atoms with van der Waals surface area (Å²) in [6.07, 6.45) is 1.36. The molecular weight excluding hydrogens is 612 g/mol. The maximum Gasteiger partial charge on any atom is 0.343 e. The smallest absolute Gasteiger partial charge is 0.343 e. The maximum absolute atomic E-state index is 13.0. The van der Waals surface area contributed by atoms with Gasteiger partial charge in [0.15, 0.2) is 23.9 Å². The van der Waals surface area contributed by atoms with Gasteiger partial charge in [0.05, 0.1) is 37.6 Å². The molecule has 0 saturated carbocycles. The highest BCUT2D eigenvalue weighted by Crippen LogP contribution is 2.39. The first-order valence-electron chi connectivity index (χ1n) is 10.8. The third-order valence-electron chi connectivity index (χ3n) is 4.88. The minimum absolute atomic E-state index is 0.175. The molecule has 3 aromatic rings. The second kappa shape index (κ2) is 13.1. The summed E-state index contributed by atoms with van der Waals surface area (Å²) in [4.78, 5) is 25.2. The van der Waals surface area contributed by atoms with Crippen LogP contribution in [0.4, 0.5) is 0 Å². The molecule has 37 heavy (non-hydrogen) atoms. The highest BCUT2D eigenvalue weighted by Gasteiger charge is 2.20. The fourth-order valence-electron chi connectivity index (χ4n) is 3.19. The molecule has 11 heteroatoms. The van der Waals surface area contributed by atoms with Crippen molar-refractivity contribution in [1.29, 1.82) is 0 Å². The molecule has 0 aliphatic carbocycles. The predicted octanol–water partition coefficient (Wildman–Crippen LogP) is 5.29. The van der Waals surface area contributed by atoms with E-state index in [1.807, 2.05) is 25.1 Å². The van der Waals surface area contributed by atoms with E-state index in [2.05, 4.69) is 42.4 Å². The van der Waals surface area contributed by atoms with Gasteiger partial charge in [0.2, 0.25) is 5.75 Å². The number of rotatable bonds is 10. The SMILES string of the molecule is COc1cc(C(=O)Oc2c(Br)cc(Br)cc2C=NNC(=O)COc2cccc(C)c2)cc(OC)c1OC. The quantitative estimate of drug-likeness (QED) is 0.140. The van der Waals surface area contributed by atoms with Crippen LogP contribution in [0.2, 0.25) is 0 Å². The van der Waals surface area contributed by atoms with Crippen molar-refractivity contribution in [3.05, 3.63) is 74.2 Å². The van der Waals surface area contributed by atoms with Crippen LogP contribution in [-0.2, 0) is 4.79 Å². The van der Waals surface area contributed by atoms with Crippen molar-refractivity contribution in [1.82, 2.24) is 5.43 Å². The van der Waals surface area contributed by atoms with Crippen molar-refractivity contribution < 1.29 is 33.3 Å². The fraction of sp³-hybridized carbons (Fsp3) is 0.192. The average Bonchev–Trinajstić information content (AvgIpc) is 2.88. The Morgan fingerprint density at radius 1 is 0.946 bits per heavy atom. The van der Waals surface area contributed by atoms with E-state index in [4.69, 9.17) is 23.7 Å². The second-order valence-corrected chi connectivity index (χ2v) is 9.28. The van der Waals surface area contributed by atoms with E-state index in [1.165, 1.54) is 39.7 Å². The van der Waals surface area contributed by atoms with Crippen molar-refractivity contribution in [2.75, 3.05) is 27.9 Å². The van der Waals surface area contributed by atoms with Crippen molar-refractivity contribution in [2.45, 2.75) is 6.92 Å². The first-order valence-corrected chi connectivity index (χ1v) is 12.4. The number of benzene rings is 3. The molecule has 3 rings (SSSR count). The Hall–Kier alpha value is -3.57. The van der Waals surface area contributed by atoms with Gasteiger partial charge in [-0.05, 0) is 64.8 Å². The average molecular weight is 636 g/mol. The Balaban J connectivity index is 1.76. The lowest BCUT2D eigenvalue weighted by atomic mass is 10.1. The molecule has 0 spiro atoms. The van der Waals surface area contributed by atoms with E-state index in [0.717, 1.165) is 5.56 Å². The number of nitrogens with zero attached hydrogens (tertiary/aromatic N) is 1. The van der Waals surface area contributed by atoms with E-state index in [1.54, 1.807) is 18.2 Å². The van der Waals surface area contributed by atoms with Crippen LogP contribution in [0.15, 0.2) is 62.6 Å². The molecule has 0 heterocycles. The van der Waals surface area contributed by atoms with Crippen LogP contribution in [0, 0.1) is 6.92 Å². The molecule has 0 unspecified atom stereocenters. The van der Waals surface area contributed by atoms with Crippen LogP contribution >= 0.6 is 31.9 Å². The topological polar surface area (TPSA) is 105 Å². The zero-order chi connectivity index (χ0) is 26.9. The van der Waals surface area contributed by atoms with Gasteiger partial charge in [-0.1, -0.05) is 28.1 Å². The van der Waals surface area contributed by atoms with E-state index < -0.39 is 11.9 Å². The van der Waals surface area contributed by atoms with Gasteiger partial charge < -0.3 is 23.7 Å². The minimum atomic E-state index is -0.674. The van der Waals surface area contributed by atoms with Crippen LogP contribution < -0.4 is 29.1 Å². The molecule has 0 atom stereocenters. The predicted molar refractivity (Wildman–Crippen MR) is 145 cm³/mol. The summed E-state index contributed by atoms with van der Waals surface area (Å²) in [6.45, 7) is 1.71. The number of halogens is 2. The van der Waals surface area contributed by atoms with Crippen molar-refractivity contribution >= 4 is 50.0 Å². The molecule has 0 radical (unpaired) electrons. The summed E-state index contributed by atoms with van der Waals surface area (Å²) in [5, 5.41) is 3.98. The van der Waals surface area contributed by atoms with Gasteiger partial charge in [-0.2, -0.15) is 5.10 Å². The summed E-state index contributed by atoms with van der Waals surface area (Å²) in [5.41, 5.74) is 4.01. The minimum Gasteiger partial charge on any atom is -0.493 e. The van der Waals surface area contributed by atoms with Gasteiger partial charge in [0, 0.05) is 10.0 Å². The Labute approximate surface area is 231 Å². The normalized spacial score (nSPS) is 10.6. The molecule has 194 valence electrons. The Morgan fingerprint density at radius 2 is 1.65 bits per heavy atom. The van der Waals surface area contributed by atoms with Crippen molar-refractivity contribution in [2.24, 2.45) is 5.10 Å². The van der Waals surface area contributed by atoms with Gasteiger partial charge in [0.1, 0.15) is 5.75 Å². The number of carbonyl (C=O) groups excluding carboxylic acids is 2. The number of hydrogen-bond acceptors (Lipinski definition) is 8. The number of carbonyl (C=O) groups is 2. The standard InChI is InChI=1S/C26H24Br2N2O7/c1-15-6-5-7-19(8-15)36-14-23(31)30-29-13-17-9-18(27)12-20(28)24(17)37-26(32)16-10-21(33-2)25(35-4)22(11-16)34-3/h5-13H,14H2,1-4H3,(H,30,31). The number of hydrazone groups is 1. The Kier molecular flexibility index (Phi) is 9.93. The number of ether oxygens (including phenoxy) is 5. The highest BCUT2D eigenvalue weighted by molar-refractivity contribution is 9.11. The lowest BCUT2D eigenvalue weighted by Crippen LogP contribution is -2.24. The lowest BCUT2D eigenvalue weighted by Gasteiger charge is -2.15. The van der Waals surface area contributed by atoms with Gasteiger partial charge in [-0.25, -0.2) is 10.2 Å². The Bertz CT molecular complexity index is 1300. The first-order chi connectivity index (χ1) is 17.7. The fourth-order valence-corrected chi connectivity index (χ4v) is 4.53. The molecule has 1 amide bonds. The molecule has 0 aliphatic rings. The molecule has 1 N–H and O–H groups in total. The van der Waals surface area contributed by atoms with Crippen LogP contribution in [0.5, 0.6) is 28.7 Å². The largest absolute Gasteiger partial charge is 0.493 e. The monoisotopic (exact) mass is 634 g/mol. The molecule has 0 aromatic heterocycles. The van der Waals surface area contributed by atoms with Crippen molar-refractivity contribution in [3.8, 4) is 28.7 Å². The highest BCUT2D eigenvalue weighted by atomic mass is 79.9. The number of hydrogen-bond donors (Lipinski definition) is 1. The van der Waals surface area contributed by atoms with Crippen LogP contribution in [0.1, 0.15) is 21.5 Å². The van der Waals surface area contributed by atoms with E-state index >= 15 is 0 Å². The van der Waals surface area contributed by atoms with Gasteiger partial charge in [0.25, 0.3) is 5.91 Å². The number of amides is 1. The summed E-state index contributed by atoms with van der Waals surface area (Å²) in [5.74, 6) is 0.603.